The van der Waals surface area contributed by atoms with Gasteiger partial charge in [0.1, 0.15) is 13.2 Å². The summed E-state index contributed by atoms with van der Waals surface area (Å²) in [6, 6.07) is 0. The minimum atomic E-state index is 0.605. The summed E-state index contributed by atoms with van der Waals surface area (Å²) in [5.74, 6) is 0.735. The van der Waals surface area contributed by atoms with Gasteiger partial charge < -0.3 is 15.2 Å². The SMILES string of the molecule is Cc1sc2c(c1N)OCCO2. The van der Waals surface area contributed by atoms with Gasteiger partial charge in [0, 0.05) is 4.88 Å². The van der Waals surface area contributed by atoms with Crippen LogP contribution in [0.5, 0.6) is 10.8 Å². The number of ether oxygens (including phenoxy) is 2. The monoisotopic (exact) mass is 171 g/mol. The van der Waals surface area contributed by atoms with E-state index < -0.39 is 0 Å². The number of thiophene rings is 1. The van der Waals surface area contributed by atoms with Crippen LogP contribution in [-0.4, -0.2) is 13.2 Å². The minimum Gasteiger partial charge on any atom is -0.483 e. The molecule has 0 aromatic carbocycles. The maximum Gasteiger partial charge on any atom is 0.219 e. The number of fused-ring (bicyclic) bond motifs is 1. The number of anilines is 1. The summed E-state index contributed by atoms with van der Waals surface area (Å²) >= 11 is 1.54. The Morgan fingerprint density at radius 3 is 2.82 bits per heavy atom. The molecule has 2 N–H and O–H groups in total. The lowest BCUT2D eigenvalue weighted by atomic mass is 10.4. The van der Waals surface area contributed by atoms with E-state index in [1.807, 2.05) is 6.92 Å². The second kappa shape index (κ2) is 2.30. The summed E-state index contributed by atoms with van der Waals surface area (Å²) in [5.41, 5.74) is 6.46. The zero-order valence-corrected chi connectivity index (χ0v) is 7.03. The van der Waals surface area contributed by atoms with Crippen molar-refractivity contribution in [2.75, 3.05) is 18.9 Å². The van der Waals surface area contributed by atoms with Crippen molar-refractivity contribution in [1.29, 1.82) is 0 Å². The highest BCUT2D eigenvalue weighted by Crippen LogP contribution is 2.45. The van der Waals surface area contributed by atoms with Gasteiger partial charge >= 0.3 is 0 Å². The summed E-state index contributed by atoms with van der Waals surface area (Å²) < 4.78 is 10.7. The van der Waals surface area contributed by atoms with Crippen LogP contribution in [0.1, 0.15) is 4.88 Å². The number of nitrogens with two attached hydrogens (primary N) is 1. The molecule has 11 heavy (non-hydrogen) atoms. The molecule has 0 spiro atoms. The minimum absolute atomic E-state index is 0.605. The summed E-state index contributed by atoms with van der Waals surface area (Å²) in [6.07, 6.45) is 0. The molecular formula is C7H9NO2S. The molecule has 2 rings (SSSR count). The van der Waals surface area contributed by atoms with Crippen LogP contribution in [0.15, 0.2) is 0 Å². The molecular weight excluding hydrogens is 162 g/mol. The summed E-state index contributed by atoms with van der Waals surface area (Å²) in [4.78, 5) is 1.07. The lowest BCUT2D eigenvalue weighted by Gasteiger charge is -2.14. The van der Waals surface area contributed by atoms with Crippen LogP contribution >= 0.6 is 11.3 Å². The van der Waals surface area contributed by atoms with Gasteiger partial charge in [-0.1, -0.05) is 11.3 Å². The molecule has 1 aromatic rings. The Balaban J connectivity index is 2.50. The lowest BCUT2D eigenvalue weighted by molar-refractivity contribution is 0.179. The van der Waals surface area contributed by atoms with Gasteiger partial charge in [-0.3, -0.25) is 0 Å². The highest BCUT2D eigenvalue weighted by atomic mass is 32.1. The van der Waals surface area contributed by atoms with Crippen LogP contribution in [0.2, 0.25) is 0 Å². The number of nitrogen functional groups attached to an aromatic ring is 1. The van der Waals surface area contributed by atoms with E-state index in [1.165, 1.54) is 0 Å². The number of rotatable bonds is 0. The fourth-order valence-electron chi connectivity index (χ4n) is 1.02. The molecule has 60 valence electrons. The number of hydrogen-bond donors (Lipinski definition) is 1. The van der Waals surface area contributed by atoms with Crippen LogP contribution < -0.4 is 15.2 Å². The third kappa shape index (κ3) is 0.939. The molecule has 1 aliphatic heterocycles. The molecule has 0 atom stereocenters. The third-order valence-electron chi connectivity index (χ3n) is 1.62. The van der Waals surface area contributed by atoms with Crippen molar-refractivity contribution < 1.29 is 9.47 Å². The molecule has 1 aromatic heterocycles. The Bertz CT molecular complexity index is 282. The van der Waals surface area contributed by atoms with Crippen LogP contribution in [-0.2, 0) is 0 Å². The van der Waals surface area contributed by atoms with Crippen LogP contribution in [0, 0.1) is 6.92 Å². The van der Waals surface area contributed by atoms with Crippen molar-refractivity contribution in [3.8, 4) is 10.8 Å². The molecule has 0 bridgehead atoms. The Morgan fingerprint density at radius 1 is 1.36 bits per heavy atom. The summed E-state index contributed by atoms with van der Waals surface area (Å²) in [5, 5.41) is 0.825. The maximum atomic E-state index is 5.73. The molecule has 0 saturated heterocycles. The van der Waals surface area contributed by atoms with Gasteiger partial charge in [-0.2, -0.15) is 0 Å². The molecule has 4 heteroatoms. The average molecular weight is 171 g/mol. The van der Waals surface area contributed by atoms with Crippen molar-refractivity contribution in [2.24, 2.45) is 0 Å². The van der Waals surface area contributed by atoms with Crippen molar-refractivity contribution in [2.45, 2.75) is 6.92 Å². The Kier molecular flexibility index (Phi) is 1.42. The molecule has 2 heterocycles. The third-order valence-corrected chi connectivity index (χ3v) is 2.63. The fourth-order valence-corrected chi connectivity index (χ4v) is 1.90. The topological polar surface area (TPSA) is 44.5 Å². The van der Waals surface area contributed by atoms with Gasteiger partial charge in [-0.25, -0.2) is 0 Å². The van der Waals surface area contributed by atoms with Crippen molar-refractivity contribution >= 4 is 17.0 Å². The standard InChI is InChI=1S/C7H9NO2S/c1-4-5(8)6-7(11-4)10-3-2-9-6/h2-3,8H2,1H3. The van der Waals surface area contributed by atoms with E-state index in [1.54, 1.807) is 11.3 Å². The van der Waals surface area contributed by atoms with Crippen LogP contribution in [0.25, 0.3) is 0 Å². The quantitative estimate of drug-likeness (QED) is 0.642. The second-order valence-corrected chi connectivity index (χ2v) is 3.57. The van der Waals surface area contributed by atoms with Crippen LogP contribution in [0.3, 0.4) is 0 Å². The van der Waals surface area contributed by atoms with Gasteiger partial charge in [0.15, 0.2) is 5.75 Å². The van der Waals surface area contributed by atoms with E-state index in [4.69, 9.17) is 15.2 Å². The van der Waals surface area contributed by atoms with E-state index in [-0.39, 0.29) is 0 Å². The summed E-state index contributed by atoms with van der Waals surface area (Å²) in [6.45, 7) is 3.20. The van der Waals surface area contributed by atoms with Crippen molar-refractivity contribution in [3.05, 3.63) is 4.88 Å². The first-order valence-electron chi connectivity index (χ1n) is 3.43. The molecule has 0 unspecified atom stereocenters. The Morgan fingerprint density at radius 2 is 2.09 bits per heavy atom. The number of hydrogen-bond acceptors (Lipinski definition) is 4. The first-order chi connectivity index (χ1) is 5.29. The smallest absolute Gasteiger partial charge is 0.219 e. The van der Waals surface area contributed by atoms with Gasteiger partial charge in [-0.05, 0) is 6.92 Å². The average Bonchev–Trinajstić information content (AvgIpc) is 2.30. The predicted octanol–water partition coefficient (Wildman–Crippen LogP) is 1.41. The highest BCUT2D eigenvalue weighted by molar-refractivity contribution is 7.14. The molecule has 1 aliphatic rings. The second-order valence-electron chi connectivity index (χ2n) is 2.39. The molecule has 3 nitrogen and oxygen atoms in total. The normalized spacial score (nSPS) is 15.0. The molecule has 0 fully saturated rings. The van der Waals surface area contributed by atoms with Gasteiger partial charge in [-0.15, -0.1) is 0 Å². The molecule has 0 saturated carbocycles. The van der Waals surface area contributed by atoms with E-state index >= 15 is 0 Å². The van der Waals surface area contributed by atoms with Gasteiger partial charge in [0.2, 0.25) is 5.06 Å². The van der Waals surface area contributed by atoms with Crippen molar-refractivity contribution in [1.82, 2.24) is 0 Å². The maximum absolute atomic E-state index is 5.73. The van der Waals surface area contributed by atoms with E-state index in [0.717, 1.165) is 21.4 Å². The summed E-state index contributed by atoms with van der Waals surface area (Å²) in [7, 11) is 0. The lowest BCUT2D eigenvalue weighted by Crippen LogP contribution is -2.14. The van der Waals surface area contributed by atoms with Crippen molar-refractivity contribution in [3.63, 3.8) is 0 Å². The Labute approximate surface area is 68.7 Å². The molecule has 0 radical (unpaired) electrons. The van der Waals surface area contributed by atoms with Gasteiger partial charge in [0.25, 0.3) is 0 Å². The zero-order valence-electron chi connectivity index (χ0n) is 6.22. The van der Waals surface area contributed by atoms with E-state index in [2.05, 4.69) is 0 Å². The molecule has 0 aliphatic carbocycles. The van der Waals surface area contributed by atoms with Crippen LogP contribution in [0.4, 0.5) is 5.69 Å². The highest BCUT2D eigenvalue weighted by Gasteiger charge is 2.19. The Hall–Kier alpha value is -0.900. The number of aryl methyl sites for hydroxylation is 1. The first-order valence-corrected chi connectivity index (χ1v) is 4.25. The molecule has 0 amide bonds. The largest absolute Gasteiger partial charge is 0.483 e. The first kappa shape index (κ1) is 6.79. The van der Waals surface area contributed by atoms with E-state index in [0.29, 0.717) is 13.2 Å². The van der Waals surface area contributed by atoms with Gasteiger partial charge in [0.05, 0.1) is 5.69 Å². The zero-order chi connectivity index (χ0) is 7.84. The van der Waals surface area contributed by atoms with E-state index in [9.17, 15) is 0 Å². The fraction of sp³-hybridized carbons (Fsp3) is 0.429. The predicted molar refractivity (Wildman–Crippen MR) is 44.5 cm³/mol.